The van der Waals surface area contributed by atoms with Gasteiger partial charge in [-0.3, -0.25) is 0 Å². The van der Waals surface area contributed by atoms with Crippen molar-refractivity contribution in [3.63, 3.8) is 0 Å². The third kappa shape index (κ3) is 2.99. The van der Waals surface area contributed by atoms with Crippen molar-refractivity contribution in [2.24, 2.45) is 0 Å². The number of benzene rings is 2. The molecular weight excluding hydrogens is 330 g/mol. The van der Waals surface area contributed by atoms with Gasteiger partial charge in [0.25, 0.3) is 0 Å². The molecule has 0 atom stereocenters. The zero-order valence-electron chi connectivity index (χ0n) is 15.4. The second kappa shape index (κ2) is 6.58. The van der Waals surface area contributed by atoms with Gasteiger partial charge >= 0.3 is 0 Å². The standard InChI is InChI=1S/C24H21N3/c1-16-7-6-12-22(25-16)24-26-21-11-5-4-10-20(21)23(27-24)19-14-13-17-8-2-3-9-18(17)15-19/h2-3,6-9,12-15H,4-5,10-11H2,1H3. The first-order valence-corrected chi connectivity index (χ1v) is 9.61. The number of pyridine rings is 1. The molecule has 2 aromatic heterocycles. The number of aryl methyl sites for hydroxylation is 2. The summed E-state index contributed by atoms with van der Waals surface area (Å²) in [6.45, 7) is 2.01. The second-order valence-electron chi connectivity index (χ2n) is 7.25. The number of hydrogen-bond donors (Lipinski definition) is 0. The molecule has 4 aromatic rings. The summed E-state index contributed by atoms with van der Waals surface area (Å²) in [4.78, 5) is 14.6. The molecular formula is C24H21N3. The highest BCUT2D eigenvalue weighted by Gasteiger charge is 2.20. The zero-order valence-corrected chi connectivity index (χ0v) is 15.4. The van der Waals surface area contributed by atoms with Gasteiger partial charge in [-0.05, 0) is 61.6 Å². The molecule has 0 fully saturated rings. The molecule has 0 unspecified atom stereocenters. The second-order valence-corrected chi connectivity index (χ2v) is 7.25. The maximum absolute atomic E-state index is 5.00. The van der Waals surface area contributed by atoms with Crippen LogP contribution >= 0.6 is 0 Å². The molecule has 132 valence electrons. The van der Waals surface area contributed by atoms with Gasteiger partial charge in [0.1, 0.15) is 5.69 Å². The van der Waals surface area contributed by atoms with E-state index in [2.05, 4.69) is 47.4 Å². The van der Waals surface area contributed by atoms with E-state index in [4.69, 9.17) is 9.97 Å². The minimum Gasteiger partial charge on any atom is -0.250 e. The van der Waals surface area contributed by atoms with Crippen LogP contribution in [0.15, 0.2) is 60.7 Å². The maximum Gasteiger partial charge on any atom is 0.178 e. The highest BCUT2D eigenvalue weighted by atomic mass is 14.9. The van der Waals surface area contributed by atoms with Crippen LogP contribution in [-0.2, 0) is 12.8 Å². The Morgan fingerprint density at radius 1 is 0.741 bits per heavy atom. The summed E-state index contributed by atoms with van der Waals surface area (Å²) in [7, 11) is 0. The van der Waals surface area contributed by atoms with Crippen molar-refractivity contribution in [1.82, 2.24) is 15.0 Å². The van der Waals surface area contributed by atoms with Gasteiger partial charge in [0, 0.05) is 22.5 Å². The number of fused-ring (bicyclic) bond motifs is 2. The summed E-state index contributed by atoms with van der Waals surface area (Å²) in [5.41, 5.74) is 6.59. The number of aromatic nitrogens is 3. The van der Waals surface area contributed by atoms with Gasteiger partial charge in [-0.25, -0.2) is 15.0 Å². The van der Waals surface area contributed by atoms with Crippen LogP contribution in [0, 0.1) is 6.92 Å². The van der Waals surface area contributed by atoms with E-state index in [9.17, 15) is 0 Å². The Bertz CT molecular complexity index is 1150. The van der Waals surface area contributed by atoms with E-state index in [1.54, 1.807) is 0 Å². The third-order valence-corrected chi connectivity index (χ3v) is 5.32. The number of rotatable bonds is 2. The quantitative estimate of drug-likeness (QED) is 0.475. The molecule has 5 rings (SSSR count). The lowest BCUT2D eigenvalue weighted by Crippen LogP contribution is -2.11. The Balaban J connectivity index is 1.73. The minimum atomic E-state index is 0.738. The largest absolute Gasteiger partial charge is 0.250 e. The summed E-state index contributed by atoms with van der Waals surface area (Å²) < 4.78 is 0. The Labute approximate surface area is 159 Å². The van der Waals surface area contributed by atoms with Gasteiger partial charge in [-0.2, -0.15) is 0 Å². The average Bonchev–Trinajstić information content (AvgIpc) is 2.72. The van der Waals surface area contributed by atoms with Crippen molar-refractivity contribution in [2.75, 3.05) is 0 Å². The first-order chi connectivity index (χ1) is 13.3. The molecule has 3 heteroatoms. The van der Waals surface area contributed by atoms with Crippen molar-refractivity contribution in [1.29, 1.82) is 0 Å². The van der Waals surface area contributed by atoms with Crippen LogP contribution < -0.4 is 0 Å². The van der Waals surface area contributed by atoms with Gasteiger partial charge in [-0.1, -0.05) is 42.5 Å². The van der Waals surface area contributed by atoms with E-state index in [1.807, 2.05) is 25.1 Å². The Morgan fingerprint density at radius 2 is 1.59 bits per heavy atom. The highest BCUT2D eigenvalue weighted by molar-refractivity contribution is 5.87. The fraction of sp³-hybridized carbons (Fsp3) is 0.208. The Morgan fingerprint density at radius 3 is 2.48 bits per heavy atom. The zero-order chi connectivity index (χ0) is 18.2. The topological polar surface area (TPSA) is 38.7 Å². The van der Waals surface area contributed by atoms with Gasteiger partial charge in [0.15, 0.2) is 5.82 Å². The van der Waals surface area contributed by atoms with Crippen molar-refractivity contribution in [3.8, 4) is 22.8 Å². The molecule has 0 spiro atoms. The van der Waals surface area contributed by atoms with Crippen LogP contribution in [-0.4, -0.2) is 15.0 Å². The first-order valence-electron chi connectivity index (χ1n) is 9.61. The van der Waals surface area contributed by atoms with E-state index in [0.717, 1.165) is 35.7 Å². The molecule has 0 amide bonds. The predicted molar refractivity (Wildman–Crippen MR) is 110 cm³/mol. The minimum absolute atomic E-state index is 0.738. The lowest BCUT2D eigenvalue weighted by atomic mass is 9.91. The smallest absolute Gasteiger partial charge is 0.178 e. The van der Waals surface area contributed by atoms with Crippen LogP contribution in [0.4, 0.5) is 0 Å². The van der Waals surface area contributed by atoms with E-state index in [0.29, 0.717) is 0 Å². The van der Waals surface area contributed by atoms with E-state index < -0.39 is 0 Å². The Kier molecular flexibility index (Phi) is 3.93. The molecule has 3 nitrogen and oxygen atoms in total. The van der Waals surface area contributed by atoms with Gasteiger partial charge in [-0.15, -0.1) is 0 Å². The van der Waals surface area contributed by atoms with Crippen LogP contribution in [0.2, 0.25) is 0 Å². The molecule has 0 N–H and O–H groups in total. The highest BCUT2D eigenvalue weighted by Crippen LogP contribution is 2.32. The van der Waals surface area contributed by atoms with Crippen LogP contribution in [0.3, 0.4) is 0 Å². The van der Waals surface area contributed by atoms with Crippen LogP contribution in [0.5, 0.6) is 0 Å². The monoisotopic (exact) mass is 351 g/mol. The molecule has 0 aliphatic heterocycles. The lowest BCUT2D eigenvalue weighted by molar-refractivity contribution is 0.665. The Hall–Kier alpha value is -3.07. The lowest BCUT2D eigenvalue weighted by Gasteiger charge is -2.19. The number of hydrogen-bond acceptors (Lipinski definition) is 3. The fourth-order valence-corrected chi connectivity index (χ4v) is 3.95. The van der Waals surface area contributed by atoms with Gasteiger partial charge in [0.05, 0.1) is 5.69 Å². The summed E-state index contributed by atoms with van der Waals surface area (Å²) >= 11 is 0. The molecule has 2 aromatic carbocycles. The van der Waals surface area contributed by atoms with Crippen molar-refractivity contribution in [2.45, 2.75) is 32.6 Å². The molecule has 2 heterocycles. The van der Waals surface area contributed by atoms with Gasteiger partial charge < -0.3 is 0 Å². The van der Waals surface area contributed by atoms with E-state index in [1.165, 1.54) is 40.4 Å². The average molecular weight is 351 g/mol. The molecule has 1 aliphatic carbocycles. The molecule has 0 radical (unpaired) electrons. The summed E-state index contributed by atoms with van der Waals surface area (Å²) in [5.74, 6) is 0.738. The third-order valence-electron chi connectivity index (χ3n) is 5.32. The van der Waals surface area contributed by atoms with E-state index in [-0.39, 0.29) is 0 Å². The van der Waals surface area contributed by atoms with Crippen molar-refractivity contribution < 1.29 is 0 Å². The summed E-state index contributed by atoms with van der Waals surface area (Å²) in [5, 5.41) is 2.50. The maximum atomic E-state index is 5.00. The molecule has 0 bridgehead atoms. The molecule has 27 heavy (non-hydrogen) atoms. The van der Waals surface area contributed by atoms with Crippen LogP contribution in [0.1, 0.15) is 29.8 Å². The van der Waals surface area contributed by atoms with E-state index >= 15 is 0 Å². The SMILES string of the molecule is Cc1cccc(-c2nc3c(c(-c4ccc5ccccc5c4)n2)CCCC3)n1. The first kappa shape index (κ1) is 16.1. The van der Waals surface area contributed by atoms with Crippen molar-refractivity contribution >= 4 is 10.8 Å². The summed E-state index contributed by atoms with van der Waals surface area (Å²) in [6.07, 6.45) is 4.48. The normalized spacial score (nSPS) is 13.5. The number of nitrogens with zero attached hydrogens (tertiary/aromatic N) is 3. The van der Waals surface area contributed by atoms with Crippen LogP contribution in [0.25, 0.3) is 33.5 Å². The molecule has 0 saturated heterocycles. The fourth-order valence-electron chi connectivity index (χ4n) is 3.95. The molecule has 0 saturated carbocycles. The predicted octanol–water partition coefficient (Wildman–Crippen LogP) is 5.55. The molecule has 1 aliphatic rings. The van der Waals surface area contributed by atoms with Gasteiger partial charge in [0.2, 0.25) is 0 Å². The summed E-state index contributed by atoms with van der Waals surface area (Å²) in [6, 6.07) is 21.1. The van der Waals surface area contributed by atoms with Crippen molar-refractivity contribution in [3.05, 3.63) is 77.6 Å².